The monoisotopic (exact) mass is 285 g/mol. The number of hydrogen-bond acceptors (Lipinski definition) is 3. The summed E-state index contributed by atoms with van der Waals surface area (Å²) in [6, 6.07) is 8.21. The molecule has 3 rings (SSSR count). The van der Waals surface area contributed by atoms with Crippen LogP contribution in [0.1, 0.15) is 38.5 Å². The molecule has 1 aromatic heterocycles. The molecule has 112 valence electrons. The molecule has 0 amide bonds. The van der Waals surface area contributed by atoms with Gasteiger partial charge in [-0.05, 0) is 37.9 Å². The van der Waals surface area contributed by atoms with E-state index in [-0.39, 0.29) is 5.56 Å². The van der Waals surface area contributed by atoms with Crippen LogP contribution in [0.25, 0.3) is 10.9 Å². The number of nitrogens with zero attached hydrogens (tertiary/aromatic N) is 2. The zero-order chi connectivity index (χ0) is 14.5. The first-order valence-corrected chi connectivity index (χ1v) is 8.02. The third-order valence-corrected chi connectivity index (χ3v) is 4.35. The number of aryl methyl sites for hydroxylation is 1. The minimum atomic E-state index is 0.0678. The van der Waals surface area contributed by atoms with Crippen molar-refractivity contribution in [3.63, 3.8) is 0 Å². The summed E-state index contributed by atoms with van der Waals surface area (Å²) in [6.07, 6.45) is 9.34. The number of benzene rings is 1. The van der Waals surface area contributed by atoms with E-state index < -0.39 is 0 Å². The lowest BCUT2D eigenvalue weighted by Gasteiger charge is -2.22. The highest BCUT2D eigenvalue weighted by Gasteiger charge is 2.11. The predicted octanol–water partition coefficient (Wildman–Crippen LogP) is 2.71. The van der Waals surface area contributed by atoms with Crippen molar-refractivity contribution in [3.05, 3.63) is 40.9 Å². The molecular formula is C17H23N3O. The summed E-state index contributed by atoms with van der Waals surface area (Å²) in [4.78, 5) is 16.7. The maximum atomic E-state index is 12.3. The lowest BCUT2D eigenvalue weighted by Crippen LogP contribution is -2.32. The molecule has 0 bridgehead atoms. The van der Waals surface area contributed by atoms with E-state index in [9.17, 15) is 4.79 Å². The molecule has 4 heteroatoms. The predicted molar refractivity (Wildman–Crippen MR) is 85.5 cm³/mol. The fraction of sp³-hybridized carbons (Fsp3) is 0.529. The van der Waals surface area contributed by atoms with Gasteiger partial charge < -0.3 is 5.32 Å². The van der Waals surface area contributed by atoms with Gasteiger partial charge in [0, 0.05) is 12.6 Å². The van der Waals surface area contributed by atoms with E-state index >= 15 is 0 Å². The van der Waals surface area contributed by atoms with Crippen molar-refractivity contribution in [1.29, 1.82) is 0 Å². The van der Waals surface area contributed by atoms with Crippen molar-refractivity contribution < 1.29 is 0 Å². The van der Waals surface area contributed by atoms with Crippen LogP contribution in [0.4, 0.5) is 0 Å². The molecule has 0 saturated heterocycles. The summed E-state index contributed by atoms with van der Waals surface area (Å²) in [5, 5.41) is 4.32. The highest BCUT2D eigenvalue weighted by atomic mass is 16.1. The highest BCUT2D eigenvalue weighted by Crippen LogP contribution is 2.17. The maximum Gasteiger partial charge on any atom is 0.261 e. The molecular weight excluding hydrogens is 262 g/mol. The van der Waals surface area contributed by atoms with E-state index in [0.717, 1.165) is 25.0 Å². The first-order valence-electron chi connectivity index (χ1n) is 8.02. The average molecular weight is 285 g/mol. The number of aromatic nitrogens is 2. The van der Waals surface area contributed by atoms with Crippen LogP contribution in [0.3, 0.4) is 0 Å². The van der Waals surface area contributed by atoms with Gasteiger partial charge in [0.15, 0.2) is 0 Å². The smallest absolute Gasteiger partial charge is 0.261 e. The van der Waals surface area contributed by atoms with E-state index in [1.807, 2.05) is 24.3 Å². The van der Waals surface area contributed by atoms with Gasteiger partial charge in [-0.1, -0.05) is 31.4 Å². The van der Waals surface area contributed by atoms with Crippen LogP contribution >= 0.6 is 0 Å². The van der Waals surface area contributed by atoms with Crippen molar-refractivity contribution in [3.8, 4) is 0 Å². The third-order valence-electron chi connectivity index (χ3n) is 4.35. The third kappa shape index (κ3) is 3.50. The lowest BCUT2D eigenvalue weighted by atomic mass is 9.95. The molecule has 0 spiro atoms. The Morgan fingerprint density at radius 1 is 1.19 bits per heavy atom. The fourth-order valence-corrected chi connectivity index (χ4v) is 3.13. The maximum absolute atomic E-state index is 12.3. The summed E-state index contributed by atoms with van der Waals surface area (Å²) in [5.41, 5.74) is 0.845. The van der Waals surface area contributed by atoms with E-state index in [1.54, 1.807) is 10.9 Å². The van der Waals surface area contributed by atoms with E-state index in [4.69, 9.17) is 0 Å². The molecule has 0 unspecified atom stereocenters. The van der Waals surface area contributed by atoms with Crippen LogP contribution < -0.4 is 10.9 Å². The molecule has 1 aromatic carbocycles. The first kappa shape index (κ1) is 14.3. The zero-order valence-electron chi connectivity index (χ0n) is 12.4. The molecule has 0 atom stereocenters. The quantitative estimate of drug-likeness (QED) is 0.859. The first-order chi connectivity index (χ1) is 10.3. The molecule has 1 N–H and O–H groups in total. The van der Waals surface area contributed by atoms with Crippen molar-refractivity contribution in [2.24, 2.45) is 0 Å². The molecule has 1 aliphatic carbocycles. The Hall–Kier alpha value is -1.68. The van der Waals surface area contributed by atoms with Crippen LogP contribution in [0, 0.1) is 0 Å². The van der Waals surface area contributed by atoms with Gasteiger partial charge in [-0.25, -0.2) is 4.98 Å². The van der Waals surface area contributed by atoms with Crippen LogP contribution in [-0.4, -0.2) is 22.1 Å². The van der Waals surface area contributed by atoms with E-state index in [2.05, 4.69) is 10.3 Å². The van der Waals surface area contributed by atoms with Gasteiger partial charge in [0.2, 0.25) is 0 Å². The standard InChI is InChI=1S/C17H23N3O/c21-17-15-9-4-5-10-16(15)19-13-20(17)12-6-11-18-14-7-2-1-3-8-14/h4-5,9-10,13-14,18H,1-3,6-8,11-12H2. The van der Waals surface area contributed by atoms with Crippen LogP contribution in [0.5, 0.6) is 0 Å². The summed E-state index contributed by atoms with van der Waals surface area (Å²) in [7, 11) is 0. The van der Waals surface area contributed by atoms with Gasteiger partial charge in [-0.15, -0.1) is 0 Å². The Bertz CT molecular complexity index is 644. The van der Waals surface area contributed by atoms with Gasteiger partial charge in [0.25, 0.3) is 5.56 Å². The van der Waals surface area contributed by atoms with Crippen LogP contribution in [-0.2, 0) is 6.54 Å². The molecule has 1 fully saturated rings. The minimum Gasteiger partial charge on any atom is -0.314 e. The Morgan fingerprint density at radius 2 is 2.00 bits per heavy atom. The Kier molecular flexibility index (Phi) is 4.65. The van der Waals surface area contributed by atoms with E-state index in [0.29, 0.717) is 11.4 Å². The van der Waals surface area contributed by atoms with Gasteiger partial charge >= 0.3 is 0 Å². The summed E-state index contributed by atoms with van der Waals surface area (Å²) >= 11 is 0. The SMILES string of the molecule is O=c1c2ccccc2ncn1CCCNC1CCCCC1. The average Bonchev–Trinajstić information content (AvgIpc) is 2.55. The summed E-state index contributed by atoms with van der Waals surface area (Å²) < 4.78 is 1.73. The van der Waals surface area contributed by atoms with Gasteiger partial charge in [0.1, 0.15) is 0 Å². The number of rotatable bonds is 5. The van der Waals surface area contributed by atoms with Crippen molar-refractivity contribution in [1.82, 2.24) is 14.9 Å². The molecule has 2 aromatic rings. The second-order valence-corrected chi connectivity index (χ2v) is 5.90. The van der Waals surface area contributed by atoms with Crippen LogP contribution in [0.2, 0.25) is 0 Å². The lowest BCUT2D eigenvalue weighted by molar-refractivity contribution is 0.368. The Morgan fingerprint density at radius 3 is 2.86 bits per heavy atom. The van der Waals surface area contributed by atoms with Crippen LogP contribution in [0.15, 0.2) is 35.4 Å². The molecule has 21 heavy (non-hydrogen) atoms. The molecule has 1 aliphatic rings. The van der Waals surface area contributed by atoms with Gasteiger partial charge in [0.05, 0.1) is 17.2 Å². The molecule has 4 nitrogen and oxygen atoms in total. The fourth-order valence-electron chi connectivity index (χ4n) is 3.13. The molecule has 0 aliphatic heterocycles. The Labute approximate surface area is 125 Å². The topological polar surface area (TPSA) is 46.9 Å². The van der Waals surface area contributed by atoms with Crippen molar-refractivity contribution in [2.45, 2.75) is 51.1 Å². The zero-order valence-corrected chi connectivity index (χ0v) is 12.4. The van der Waals surface area contributed by atoms with Gasteiger partial charge in [-0.3, -0.25) is 9.36 Å². The number of hydrogen-bond donors (Lipinski definition) is 1. The van der Waals surface area contributed by atoms with E-state index in [1.165, 1.54) is 32.1 Å². The normalized spacial score (nSPS) is 16.4. The van der Waals surface area contributed by atoms with Gasteiger partial charge in [-0.2, -0.15) is 0 Å². The number of para-hydroxylation sites is 1. The molecule has 1 heterocycles. The summed E-state index contributed by atoms with van der Waals surface area (Å²) in [5.74, 6) is 0. The molecule has 1 saturated carbocycles. The minimum absolute atomic E-state index is 0.0678. The van der Waals surface area contributed by atoms with Crippen molar-refractivity contribution >= 4 is 10.9 Å². The number of fused-ring (bicyclic) bond motifs is 1. The largest absolute Gasteiger partial charge is 0.314 e. The summed E-state index contributed by atoms with van der Waals surface area (Å²) in [6.45, 7) is 1.71. The van der Waals surface area contributed by atoms with Crippen molar-refractivity contribution in [2.75, 3.05) is 6.54 Å². The second kappa shape index (κ2) is 6.85. The Balaban J connectivity index is 1.55. The molecule has 0 radical (unpaired) electrons. The number of nitrogens with one attached hydrogen (secondary N) is 1. The highest BCUT2D eigenvalue weighted by molar-refractivity contribution is 5.76. The second-order valence-electron chi connectivity index (χ2n) is 5.90.